The van der Waals surface area contributed by atoms with Gasteiger partial charge in [-0.1, -0.05) is 38.5 Å². The number of nitrogens with zero attached hydrogens (tertiary/aromatic N) is 2. The Kier molecular flexibility index (Phi) is 6.58. The monoisotopic (exact) mass is 396 g/mol. The third-order valence-corrected chi connectivity index (χ3v) is 8.21. The zero-order chi connectivity index (χ0) is 19.5. The van der Waals surface area contributed by atoms with E-state index in [9.17, 15) is 8.42 Å². The van der Waals surface area contributed by atoms with E-state index in [0.29, 0.717) is 43.7 Å². The van der Waals surface area contributed by atoms with Crippen LogP contribution in [0, 0.1) is 5.92 Å². The molecule has 2 aliphatic heterocycles. The van der Waals surface area contributed by atoms with Crippen LogP contribution < -0.4 is 0 Å². The second kappa shape index (κ2) is 8.57. The Morgan fingerprint density at radius 1 is 1.22 bits per heavy atom. The summed E-state index contributed by atoms with van der Waals surface area (Å²) in [4.78, 5) is 2.74. The molecule has 152 valence electrons. The fourth-order valence-electron chi connectivity index (χ4n) is 4.21. The van der Waals surface area contributed by atoms with E-state index in [4.69, 9.17) is 9.47 Å². The van der Waals surface area contributed by atoms with Crippen LogP contribution >= 0.6 is 0 Å². The number of methoxy groups -OCH3 is 1. The fourth-order valence-corrected chi connectivity index (χ4v) is 5.84. The molecule has 2 atom stereocenters. The first kappa shape index (κ1) is 20.7. The van der Waals surface area contributed by atoms with Crippen LogP contribution in [0.4, 0.5) is 0 Å². The Labute approximate surface area is 163 Å². The van der Waals surface area contributed by atoms with Crippen molar-refractivity contribution in [1.82, 2.24) is 9.21 Å². The van der Waals surface area contributed by atoms with E-state index in [2.05, 4.69) is 18.7 Å². The van der Waals surface area contributed by atoms with Crippen molar-refractivity contribution in [2.75, 3.05) is 46.5 Å². The number of hydrogen-bond acceptors (Lipinski definition) is 5. The number of rotatable bonds is 7. The van der Waals surface area contributed by atoms with Crippen molar-refractivity contribution in [3.63, 3.8) is 0 Å². The first-order valence-corrected chi connectivity index (χ1v) is 11.3. The highest BCUT2D eigenvalue weighted by atomic mass is 32.2. The number of ether oxygens (including phenoxy) is 2. The third kappa shape index (κ3) is 4.22. The molecule has 1 aromatic carbocycles. The molecule has 0 spiro atoms. The highest BCUT2D eigenvalue weighted by Crippen LogP contribution is 2.35. The van der Waals surface area contributed by atoms with Gasteiger partial charge in [-0.3, -0.25) is 4.90 Å². The molecule has 0 bridgehead atoms. The topological polar surface area (TPSA) is 59.1 Å². The van der Waals surface area contributed by atoms with Crippen LogP contribution in [0.1, 0.15) is 32.3 Å². The van der Waals surface area contributed by atoms with Crippen molar-refractivity contribution in [3.05, 3.63) is 29.8 Å². The molecule has 3 rings (SSSR count). The minimum absolute atomic E-state index is 0.132. The summed E-state index contributed by atoms with van der Waals surface area (Å²) in [6.07, 6.45) is 2.06. The Morgan fingerprint density at radius 3 is 2.59 bits per heavy atom. The lowest BCUT2D eigenvalue weighted by Gasteiger charge is -2.34. The predicted molar refractivity (Wildman–Crippen MR) is 105 cm³/mol. The Bertz CT molecular complexity index is 733. The van der Waals surface area contributed by atoms with Gasteiger partial charge in [0, 0.05) is 39.8 Å². The summed E-state index contributed by atoms with van der Waals surface area (Å²) in [6, 6.07) is 7.39. The van der Waals surface area contributed by atoms with Crippen LogP contribution in [0.5, 0.6) is 0 Å². The largest absolute Gasteiger partial charge is 0.379 e. The molecule has 2 aliphatic rings. The number of hydrogen-bond donors (Lipinski definition) is 0. The quantitative estimate of drug-likeness (QED) is 0.708. The first-order chi connectivity index (χ1) is 12.9. The molecular weight excluding hydrogens is 364 g/mol. The summed E-state index contributed by atoms with van der Waals surface area (Å²) >= 11 is 0. The van der Waals surface area contributed by atoms with Gasteiger partial charge >= 0.3 is 0 Å². The zero-order valence-corrected chi connectivity index (χ0v) is 17.5. The van der Waals surface area contributed by atoms with E-state index in [-0.39, 0.29) is 5.60 Å². The van der Waals surface area contributed by atoms with Crippen molar-refractivity contribution in [2.45, 2.75) is 43.7 Å². The summed E-state index contributed by atoms with van der Waals surface area (Å²) in [5.41, 5.74) is 0.729. The summed E-state index contributed by atoms with van der Waals surface area (Å²) < 4.78 is 39.1. The van der Waals surface area contributed by atoms with Gasteiger partial charge in [0.1, 0.15) is 0 Å². The number of morpholine rings is 1. The first-order valence-electron chi connectivity index (χ1n) is 9.86. The van der Waals surface area contributed by atoms with Gasteiger partial charge in [-0.25, -0.2) is 8.42 Å². The Balaban J connectivity index is 1.79. The normalized spacial score (nSPS) is 26.3. The van der Waals surface area contributed by atoms with Crippen LogP contribution in [-0.4, -0.2) is 69.7 Å². The SMILES string of the molecule is CCC(C)C1(OC)CCN(Cc2ccccc2S(=O)(=O)N2CCOCC2)C1. The third-order valence-electron chi connectivity index (χ3n) is 6.21. The van der Waals surface area contributed by atoms with E-state index >= 15 is 0 Å². The van der Waals surface area contributed by atoms with Crippen molar-refractivity contribution in [3.8, 4) is 0 Å². The number of likely N-dealkylation sites (tertiary alicyclic amines) is 1. The summed E-state index contributed by atoms with van der Waals surface area (Å²) in [5.74, 6) is 0.472. The Hall–Kier alpha value is -0.990. The van der Waals surface area contributed by atoms with E-state index < -0.39 is 10.0 Å². The van der Waals surface area contributed by atoms with Gasteiger partial charge in [-0.05, 0) is 24.0 Å². The van der Waals surface area contributed by atoms with Gasteiger partial charge < -0.3 is 9.47 Å². The minimum Gasteiger partial charge on any atom is -0.379 e. The molecule has 7 heteroatoms. The summed E-state index contributed by atoms with van der Waals surface area (Å²) in [6.45, 7) is 8.57. The second-order valence-electron chi connectivity index (χ2n) is 7.66. The molecule has 0 radical (unpaired) electrons. The van der Waals surface area contributed by atoms with Gasteiger partial charge in [0.2, 0.25) is 10.0 Å². The zero-order valence-electron chi connectivity index (χ0n) is 16.7. The molecule has 6 nitrogen and oxygen atoms in total. The van der Waals surface area contributed by atoms with Crippen molar-refractivity contribution < 1.29 is 17.9 Å². The molecule has 27 heavy (non-hydrogen) atoms. The second-order valence-corrected chi connectivity index (χ2v) is 9.57. The lowest BCUT2D eigenvalue weighted by molar-refractivity contribution is -0.0455. The fraction of sp³-hybridized carbons (Fsp3) is 0.700. The molecule has 0 aromatic heterocycles. The molecule has 0 aliphatic carbocycles. The molecule has 2 saturated heterocycles. The van der Waals surface area contributed by atoms with Crippen molar-refractivity contribution >= 4 is 10.0 Å². The van der Waals surface area contributed by atoms with Crippen LogP contribution in [0.15, 0.2) is 29.2 Å². The average Bonchev–Trinajstić information content (AvgIpc) is 3.12. The molecule has 0 amide bonds. The van der Waals surface area contributed by atoms with Crippen LogP contribution in [0.25, 0.3) is 0 Å². The van der Waals surface area contributed by atoms with E-state index in [0.717, 1.165) is 31.5 Å². The van der Waals surface area contributed by atoms with Crippen molar-refractivity contribution in [2.24, 2.45) is 5.92 Å². The lowest BCUT2D eigenvalue weighted by atomic mass is 9.86. The summed E-state index contributed by atoms with van der Waals surface area (Å²) in [5, 5.41) is 0. The lowest BCUT2D eigenvalue weighted by Crippen LogP contribution is -2.42. The smallest absolute Gasteiger partial charge is 0.243 e. The van der Waals surface area contributed by atoms with E-state index in [1.165, 1.54) is 4.31 Å². The summed E-state index contributed by atoms with van der Waals surface area (Å²) in [7, 11) is -1.70. The maximum absolute atomic E-state index is 13.1. The van der Waals surface area contributed by atoms with Gasteiger partial charge in [0.05, 0.1) is 23.7 Å². The molecule has 2 heterocycles. The van der Waals surface area contributed by atoms with Gasteiger partial charge in [-0.2, -0.15) is 4.31 Å². The highest BCUT2D eigenvalue weighted by Gasteiger charge is 2.42. The molecule has 0 N–H and O–H groups in total. The standard InChI is InChI=1S/C20H32N2O4S/c1-4-17(2)20(25-3)9-10-21(16-20)15-18-7-5-6-8-19(18)27(23,24)22-11-13-26-14-12-22/h5-8,17H,4,9-16H2,1-3H3. The molecule has 1 aromatic rings. The van der Waals surface area contributed by atoms with Crippen molar-refractivity contribution in [1.29, 1.82) is 0 Å². The van der Waals surface area contributed by atoms with E-state index in [1.54, 1.807) is 19.2 Å². The van der Waals surface area contributed by atoms with Crippen LogP contribution in [-0.2, 0) is 26.0 Å². The van der Waals surface area contributed by atoms with Crippen LogP contribution in [0.2, 0.25) is 0 Å². The predicted octanol–water partition coefficient (Wildman–Crippen LogP) is 2.34. The maximum Gasteiger partial charge on any atom is 0.243 e. The molecule has 2 unspecified atom stereocenters. The average molecular weight is 397 g/mol. The van der Waals surface area contributed by atoms with Gasteiger partial charge in [0.15, 0.2) is 0 Å². The minimum atomic E-state index is -3.49. The molecular formula is C20H32N2O4S. The number of benzene rings is 1. The Morgan fingerprint density at radius 2 is 1.93 bits per heavy atom. The molecule has 2 fully saturated rings. The van der Waals surface area contributed by atoms with E-state index in [1.807, 2.05) is 12.1 Å². The van der Waals surface area contributed by atoms with Gasteiger partial charge in [-0.15, -0.1) is 0 Å². The molecule has 0 saturated carbocycles. The van der Waals surface area contributed by atoms with Gasteiger partial charge in [0.25, 0.3) is 0 Å². The van der Waals surface area contributed by atoms with Crippen LogP contribution in [0.3, 0.4) is 0 Å². The highest BCUT2D eigenvalue weighted by molar-refractivity contribution is 7.89. The maximum atomic E-state index is 13.1. The number of sulfonamides is 1.